The minimum absolute atomic E-state index is 0.00779. The van der Waals surface area contributed by atoms with Crippen LogP contribution in [0.4, 0.5) is 0 Å². The number of hydrogen-bond donors (Lipinski definition) is 2. The number of amides is 1. The highest BCUT2D eigenvalue weighted by Gasteiger charge is 2.35. The van der Waals surface area contributed by atoms with Crippen molar-refractivity contribution < 1.29 is 14.7 Å². The second-order valence-corrected chi connectivity index (χ2v) is 4.56. The van der Waals surface area contributed by atoms with E-state index in [4.69, 9.17) is 15.7 Å². The van der Waals surface area contributed by atoms with Gasteiger partial charge in [0, 0.05) is 25.1 Å². The number of nitrogens with two attached hydrogens (primary N) is 1. The van der Waals surface area contributed by atoms with E-state index in [1.807, 2.05) is 13.8 Å². The van der Waals surface area contributed by atoms with Gasteiger partial charge in [-0.25, -0.2) is 0 Å². The van der Waals surface area contributed by atoms with Crippen LogP contribution in [-0.2, 0) is 9.53 Å². The largest absolute Gasteiger partial charge is 0.409 e. The van der Waals surface area contributed by atoms with Gasteiger partial charge in [0.2, 0.25) is 5.91 Å². The summed E-state index contributed by atoms with van der Waals surface area (Å²) >= 11 is 0. The summed E-state index contributed by atoms with van der Waals surface area (Å²) in [5, 5.41) is 11.8. The number of hydrogen-bond acceptors (Lipinski definition) is 4. The van der Waals surface area contributed by atoms with Crippen molar-refractivity contribution in [2.75, 3.05) is 26.3 Å². The monoisotopic (exact) mass is 243 g/mol. The minimum Gasteiger partial charge on any atom is -0.409 e. The van der Waals surface area contributed by atoms with E-state index in [1.165, 1.54) is 0 Å². The molecule has 1 rings (SSSR count). The normalized spacial score (nSPS) is 20.4. The van der Waals surface area contributed by atoms with E-state index in [0.29, 0.717) is 32.5 Å². The van der Waals surface area contributed by atoms with Gasteiger partial charge in [0.05, 0.1) is 0 Å². The maximum absolute atomic E-state index is 11.7. The highest BCUT2D eigenvalue weighted by molar-refractivity contribution is 5.86. The third kappa shape index (κ3) is 3.33. The fourth-order valence-corrected chi connectivity index (χ4v) is 1.91. The molecule has 1 fully saturated rings. The van der Waals surface area contributed by atoms with Gasteiger partial charge in [-0.2, -0.15) is 0 Å². The lowest BCUT2D eigenvalue weighted by atomic mass is 9.79. The highest BCUT2D eigenvalue weighted by Crippen LogP contribution is 2.30. The molecule has 1 amide bonds. The zero-order valence-corrected chi connectivity index (χ0v) is 10.5. The van der Waals surface area contributed by atoms with Gasteiger partial charge in [0.1, 0.15) is 12.4 Å². The van der Waals surface area contributed by atoms with Crippen molar-refractivity contribution in [1.29, 1.82) is 0 Å². The summed E-state index contributed by atoms with van der Waals surface area (Å²) in [7, 11) is 0. The average molecular weight is 243 g/mol. The number of amidine groups is 1. The number of oxime groups is 1. The third-order valence-electron chi connectivity index (χ3n) is 3.38. The number of carbonyl (C=O) groups is 1. The van der Waals surface area contributed by atoms with Crippen molar-refractivity contribution in [1.82, 2.24) is 4.90 Å². The topological polar surface area (TPSA) is 88.2 Å². The molecule has 1 aliphatic rings. The molecule has 0 spiro atoms. The number of ether oxygens (including phenoxy) is 1. The Bertz CT molecular complexity index is 296. The number of nitrogens with zero attached hydrogens (tertiary/aromatic N) is 2. The van der Waals surface area contributed by atoms with E-state index in [0.717, 1.165) is 0 Å². The molecule has 0 atom stereocenters. The summed E-state index contributed by atoms with van der Waals surface area (Å²) in [4.78, 5) is 13.5. The fourth-order valence-electron chi connectivity index (χ4n) is 1.91. The predicted octanol–water partition coefficient (Wildman–Crippen LogP) is 0.398. The van der Waals surface area contributed by atoms with Crippen LogP contribution in [0.1, 0.15) is 26.7 Å². The summed E-state index contributed by atoms with van der Waals surface area (Å²) in [5.41, 5.74) is 5.35. The quantitative estimate of drug-likeness (QED) is 0.324. The van der Waals surface area contributed by atoms with Gasteiger partial charge in [-0.15, -0.1) is 0 Å². The molecule has 0 saturated carbocycles. The first-order valence-electron chi connectivity index (χ1n) is 5.87. The van der Waals surface area contributed by atoms with Crippen LogP contribution >= 0.6 is 0 Å². The predicted molar refractivity (Wildman–Crippen MR) is 63.8 cm³/mol. The smallest absolute Gasteiger partial charge is 0.248 e. The molecular formula is C11H21N3O3. The molecule has 0 radical (unpaired) electrons. The van der Waals surface area contributed by atoms with Crippen LogP contribution in [-0.4, -0.2) is 48.2 Å². The summed E-state index contributed by atoms with van der Waals surface area (Å²) in [6.07, 6.45) is 1.42. The standard InChI is InChI=1S/C11H21N3O3/c1-3-17-8-9(15)14-6-4-11(2,5-7-14)10(12)13-16/h16H,3-8H2,1-2H3,(H2,12,13). The molecule has 0 bridgehead atoms. The molecule has 6 heteroatoms. The summed E-state index contributed by atoms with van der Waals surface area (Å²) < 4.78 is 5.09. The molecule has 3 N–H and O–H groups in total. The first-order chi connectivity index (χ1) is 8.03. The van der Waals surface area contributed by atoms with E-state index in [9.17, 15) is 4.79 Å². The zero-order chi connectivity index (χ0) is 12.9. The van der Waals surface area contributed by atoms with Gasteiger partial charge < -0.3 is 20.6 Å². The Morgan fingerprint density at radius 2 is 2.12 bits per heavy atom. The van der Waals surface area contributed by atoms with Crippen LogP contribution in [0.15, 0.2) is 5.16 Å². The van der Waals surface area contributed by atoms with Crippen LogP contribution < -0.4 is 5.73 Å². The van der Waals surface area contributed by atoms with E-state index in [-0.39, 0.29) is 23.8 Å². The summed E-state index contributed by atoms with van der Waals surface area (Å²) in [6, 6.07) is 0. The summed E-state index contributed by atoms with van der Waals surface area (Å²) in [6.45, 7) is 5.74. The maximum atomic E-state index is 11.7. The first kappa shape index (κ1) is 13.8. The lowest BCUT2D eigenvalue weighted by Crippen LogP contribution is -2.48. The SMILES string of the molecule is CCOCC(=O)N1CCC(C)(C(N)=NO)CC1. The summed E-state index contributed by atoms with van der Waals surface area (Å²) in [5.74, 6) is 0.253. The molecule has 1 aliphatic heterocycles. The first-order valence-corrected chi connectivity index (χ1v) is 5.87. The Morgan fingerprint density at radius 1 is 1.53 bits per heavy atom. The number of carbonyl (C=O) groups excluding carboxylic acids is 1. The van der Waals surface area contributed by atoms with E-state index < -0.39 is 0 Å². The Morgan fingerprint density at radius 3 is 2.59 bits per heavy atom. The lowest BCUT2D eigenvalue weighted by molar-refractivity contribution is -0.137. The second-order valence-electron chi connectivity index (χ2n) is 4.56. The Hall–Kier alpha value is -1.30. The van der Waals surface area contributed by atoms with Crippen molar-refractivity contribution in [3.63, 3.8) is 0 Å². The van der Waals surface area contributed by atoms with Gasteiger partial charge in [0.15, 0.2) is 0 Å². The van der Waals surface area contributed by atoms with Crippen molar-refractivity contribution in [2.45, 2.75) is 26.7 Å². The van der Waals surface area contributed by atoms with Gasteiger partial charge in [-0.05, 0) is 19.8 Å². The van der Waals surface area contributed by atoms with E-state index in [1.54, 1.807) is 4.90 Å². The molecule has 0 unspecified atom stereocenters. The van der Waals surface area contributed by atoms with Crippen LogP contribution in [0, 0.1) is 5.41 Å². The van der Waals surface area contributed by atoms with Gasteiger partial charge >= 0.3 is 0 Å². The zero-order valence-electron chi connectivity index (χ0n) is 10.5. The van der Waals surface area contributed by atoms with Crippen LogP contribution in [0.3, 0.4) is 0 Å². The van der Waals surface area contributed by atoms with Gasteiger partial charge in [-0.1, -0.05) is 12.1 Å². The molecule has 1 heterocycles. The fraction of sp³-hybridized carbons (Fsp3) is 0.818. The molecule has 1 saturated heterocycles. The number of likely N-dealkylation sites (tertiary alicyclic amines) is 1. The lowest BCUT2D eigenvalue weighted by Gasteiger charge is -2.38. The van der Waals surface area contributed by atoms with Gasteiger partial charge in [-0.3, -0.25) is 4.79 Å². The van der Waals surface area contributed by atoms with E-state index >= 15 is 0 Å². The molecule has 6 nitrogen and oxygen atoms in total. The van der Waals surface area contributed by atoms with Crippen molar-refractivity contribution in [3.05, 3.63) is 0 Å². The van der Waals surface area contributed by atoms with Crippen molar-refractivity contribution in [3.8, 4) is 0 Å². The van der Waals surface area contributed by atoms with E-state index in [2.05, 4.69) is 5.16 Å². The average Bonchev–Trinajstić information content (AvgIpc) is 2.35. The van der Waals surface area contributed by atoms with Crippen molar-refractivity contribution >= 4 is 11.7 Å². The number of rotatable bonds is 4. The Balaban J connectivity index is 2.48. The number of piperidine rings is 1. The Kier molecular flexibility index (Phi) is 4.74. The molecule has 17 heavy (non-hydrogen) atoms. The molecule has 0 aromatic rings. The van der Waals surface area contributed by atoms with Gasteiger partial charge in [0.25, 0.3) is 0 Å². The molecular weight excluding hydrogens is 222 g/mol. The third-order valence-corrected chi connectivity index (χ3v) is 3.38. The molecule has 98 valence electrons. The molecule has 0 aliphatic carbocycles. The van der Waals surface area contributed by atoms with Crippen LogP contribution in [0.2, 0.25) is 0 Å². The maximum Gasteiger partial charge on any atom is 0.248 e. The molecule has 0 aromatic carbocycles. The van der Waals surface area contributed by atoms with Crippen LogP contribution in [0.5, 0.6) is 0 Å². The Labute approximate surface area is 101 Å². The highest BCUT2D eigenvalue weighted by atomic mass is 16.5. The van der Waals surface area contributed by atoms with Crippen LogP contribution in [0.25, 0.3) is 0 Å². The second kappa shape index (κ2) is 5.86. The minimum atomic E-state index is -0.308. The van der Waals surface area contributed by atoms with Crippen molar-refractivity contribution in [2.24, 2.45) is 16.3 Å². The molecule has 0 aromatic heterocycles.